The van der Waals surface area contributed by atoms with Crippen LogP contribution in [0.25, 0.3) is 11.1 Å². The Morgan fingerprint density at radius 3 is 2.13 bits per heavy atom. The van der Waals surface area contributed by atoms with Crippen molar-refractivity contribution in [2.24, 2.45) is 21.4 Å². The zero-order chi connectivity index (χ0) is 32.5. The summed E-state index contributed by atoms with van der Waals surface area (Å²) in [5.41, 5.74) is 14.1. The second kappa shape index (κ2) is 12.7. The summed E-state index contributed by atoms with van der Waals surface area (Å²) in [6.07, 6.45) is 4.46. The standard InChI is InChI=1S/C37H45N7O2/c1-6-31(27-13-17-29(18-14-27)34(45)38-23-32-40-42-43-41-32)44-35(46)33(39-37(44)21-19-30(20-22-37)36(3,4)5)28-15-11-26(12-16-28)25-9-7-24(2)8-10-25/h7-18,30-31,42-43H,6,19-23H2,1-5H3,(H,38,45)(H,40,41)/t30?,31-,37?/m1/s1. The van der Waals surface area contributed by atoms with Gasteiger partial charge in [0.05, 0.1) is 12.6 Å². The number of aryl methyl sites for hydroxylation is 1. The molecule has 1 fully saturated rings. The Kier molecular flexibility index (Phi) is 8.70. The van der Waals surface area contributed by atoms with E-state index in [0.717, 1.165) is 54.4 Å². The molecule has 0 aromatic heterocycles. The molecule has 9 nitrogen and oxygen atoms in total. The lowest BCUT2D eigenvalue weighted by Crippen LogP contribution is -2.51. The molecule has 3 aromatic carbocycles. The maximum atomic E-state index is 14.5. The Morgan fingerprint density at radius 2 is 1.57 bits per heavy atom. The number of hydrogen-bond acceptors (Lipinski definition) is 7. The Hall–Kier alpha value is -4.50. The van der Waals surface area contributed by atoms with Gasteiger partial charge in [-0.1, -0.05) is 93.9 Å². The van der Waals surface area contributed by atoms with Crippen molar-refractivity contribution >= 4 is 23.4 Å². The van der Waals surface area contributed by atoms with Gasteiger partial charge in [0.25, 0.3) is 11.8 Å². The number of amides is 2. The van der Waals surface area contributed by atoms with E-state index in [-0.39, 0.29) is 29.8 Å². The maximum Gasteiger partial charge on any atom is 0.275 e. The zero-order valence-corrected chi connectivity index (χ0v) is 27.5. The molecule has 2 heterocycles. The molecule has 240 valence electrons. The van der Waals surface area contributed by atoms with Gasteiger partial charge in [-0.3, -0.25) is 20.0 Å². The van der Waals surface area contributed by atoms with Crippen LogP contribution in [0.2, 0.25) is 0 Å². The Labute approximate surface area is 271 Å². The summed E-state index contributed by atoms with van der Waals surface area (Å²) >= 11 is 0. The number of nitrogens with zero attached hydrogens (tertiary/aromatic N) is 3. The fourth-order valence-corrected chi connectivity index (χ4v) is 7.10. The van der Waals surface area contributed by atoms with E-state index in [0.29, 0.717) is 23.0 Å². The van der Waals surface area contributed by atoms with Crippen LogP contribution in [0.5, 0.6) is 0 Å². The summed E-state index contributed by atoms with van der Waals surface area (Å²) in [4.78, 5) is 34.8. The van der Waals surface area contributed by atoms with Crippen LogP contribution in [-0.4, -0.2) is 40.5 Å². The molecule has 4 N–H and O–H groups in total. The summed E-state index contributed by atoms with van der Waals surface area (Å²) in [5, 5.41) is 6.86. The van der Waals surface area contributed by atoms with E-state index in [2.05, 4.69) is 103 Å². The van der Waals surface area contributed by atoms with Gasteiger partial charge in [-0.15, -0.1) is 10.6 Å². The van der Waals surface area contributed by atoms with Crippen molar-refractivity contribution in [1.29, 1.82) is 0 Å². The molecule has 6 rings (SSSR count). The van der Waals surface area contributed by atoms with Gasteiger partial charge in [-0.2, -0.15) is 0 Å². The lowest BCUT2D eigenvalue weighted by atomic mass is 9.69. The number of hydrogen-bond donors (Lipinski definition) is 4. The molecule has 3 aliphatic rings. The molecule has 3 aromatic rings. The van der Waals surface area contributed by atoms with Gasteiger partial charge in [0, 0.05) is 11.1 Å². The van der Waals surface area contributed by atoms with Crippen LogP contribution >= 0.6 is 0 Å². The van der Waals surface area contributed by atoms with Crippen molar-refractivity contribution < 1.29 is 9.59 Å². The number of amidine groups is 1. The van der Waals surface area contributed by atoms with Crippen LogP contribution in [0.4, 0.5) is 0 Å². The normalized spacial score (nSPS) is 21.8. The van der Waals surface area contributed by atoms with Crippen molar-refractivity contribution in [2.75, 3.05) is 6.54 Å². The molecule has 1 spiro atoms. The van der Waals surface area contributed by atoms with E-state index >= 15 is 0 Å². The Balaban J connectivity index is 1.28. The molecule has 0 unspecified atom stereocenters. The second-order valence-corrected chi connectivity index (χ2v) is 13.9. The highest BCUT2D eigenvalue weighted by Gasteiger charge is 2.52. The molecular formula is C37H45N7O2. The first-order valence-electron chi connectivity index (χ1n) is 16.4. The third kappa shape index (κ3) is 6.29. The first kappa shape index (κ1) is 31.5. The summed E-state index contributed by atoms with van der Waals surface area (Å²) in [6.45, 7) is 11.4. The lowest BCUT2D eigenvalue weighted by Gasteiger charge is -2.47. The second-order valence-electron chi connectivity index (χ2n) is 13.9. The average Bonchev–Trinajstić information content (AvgIpc) is 3.68. The molecule has 2 aliphatic heterocycles. The van der Waals surface area contributed by atoms with Crippen molar-refractivity contribution in [2.45, 2.75) is 78.4 Å². The fourth-order valence-electron chi connectivity index (χ4n) is 7.10. The van der Waals surface area contributed by atoms with E-state index in [1.807, 2.05) is 36.4 Å². The first-order chi connectivity index (χ1) is 22.1. The van der Waals surface area contributed by atoms with E-state index in [4.69, 9.17) is 4.99 Å². The van der Waals surface area contributed by atoms with Crippen molar-refractivity contribution in [1.82, 2.24) is 26.7 Å². The molecule has 0 saturated heterocycles. The van der Waals surface area contributed by atoms with Gasteiger partial charge in [0.1, 0.15) is 11.4 Å². The molecule has 9 heteroatoms. The van der Waals surface area contributed by atoms with E-state index in [9.17, 15) is 9.59 Å². The quantitative estimate of drug-likeness (QED) is 0.246. The van der Waals surface area contributed by atoms with Gasteiger partial charge < -0.3 is 10.2 Å². The first-order valence-corrected chi connectivity index (χ1v) is 16.4. The monoisotopic (exact) mass is 619 g/mol. The van der Waals surface area contributed by atoms with Crippen LogP contribution in [0.15, 0.2) is 82.9 Å². The average molecular weight is 620 g/mol. The Bertz CT molecular complexity index is 1630. The van der Waals surface area contributed by atoms with E-state index < -0.39 is 5.66 Å². The van der Waals surface area contributed by atoms with Crippen LogP contribution in [0.1, 0.15) is 92.9 Å². The number of benzene rings is 3. The minimum Gasteiger partial charge on any atom is -0.345 e. The predicted molar refractivity (Wildman–Crippen MR) is 183 cm³/mol. The topological polar surface area (TPSA) is 110 Å². The maximum absolute atomic E-state index is 14.5. The van der Waals surface area contributed by atoms with Crippen LogP contribution in [0, 0.1) is 18.3 Å². The molecule has 1 atom stereocenters. The predicted octanol–water partition coefficient (Wildman–Crippen LogP) is 6.03. The molecular weight excluding hydrogens is 574 g/mol. The van der Waals surface area contributed by atoms with Crippen molar-refractivity contribution in [3.8, 4) is 11.1 Å². The largest absolute Gasteiger partial charge is 0.345 e. The van der Waals surface area contributed by atoms with Crippen LogP contribution in [0.3, 0.4) is 0 Å². The number of hydrazone groups is 1. The summed E-state index contributed by atoms with van der Waals surface area (Å²) in [6, 6.07) is 24.2. The minimum atomic E-state index is -0.586. The van der Waals surface area contributed by atoms with Gasteiger partial charge in [0.2, 0.25) is 0 Å². The number of carbonyl (C=O) groups excluding carboxylic acids is 2. The Morgan fingerprint density at radius 1 is 0.957 bits per heavy atom. The van der Waals surface area contributed by atoms with E-state index in [1.54, 1.807) is 0 Å². The van der Waals surface area contributed by atoms with Gasteiger partial charge in [-0.25, -0.2) is 5.53 Å². The van der Waals surface area contributed by atoms with E-state index in [1.165, 1.54) is 5.56 Å². The highest BCUT2D eigenvalue weighted by molar-refractivity contribution is 6.46. The summed E-state index contributed by atoms with van der Waals surface area (Å²) < 4.78 is 0. The molecule has 1 aliphatic carbocycles. The van der Waals surface area contributed by atoms with Gasteiger partial charge in [0.15, 0.2) is 5.84 Å². The highest BCUT2D eigenvalue weighted by atomic mass is 16.2. The highest BCUT2D eigenvalue weighted by Crippen LogP contribution is 2.49. The summed E-state index contributed by atoms with van der Waals surface area (Å²) in [5.74, 6) is 0.969. The molecule has 0 bridgehead atoms. The van der Waals surface area contributed by atoms with Crippen molar-refractivity contribution in [3.63, 3.8) is 0 Å². The number of aliphatic imine (C=N–C) groups is 1. The van der Waals surface area contributed by atoms with Crippen LogP contribution < -0.4 is 21.8 Å². The molecule has 46 heavy (non-hydrogen) atoms. The zero-order valence-electron chi connectivity index (χ0n) is 27.5. The number of hydrazine groups is 2. The lowest BCUT2D eigenvalue weighted by molar-refractivity contribution is -0.133. The number of nitrogens with one attached hydrogen (secondary N) is 4. The van der Waals surface area contributed by atoms with Crippen LogP contribution in [-0.2, 0) is 4.79 Å². The third-order valence-corrected chi connectivity index (χ3v) is 9.87. The fraction of sp³-hybridized carbons (Fsp3) is 0.405. The smallest absolute Gasteiger partial charge is 0.275 e. The minimum absolute atomic E-state index is 0.0157. The number of rotatable bonds is 8. The molecule has 1 saturated carbocycles. The van der Waals surface area contributed by atoms with Crippen molar-refractivity contribution in [3.05, 3.63) is 95.1 Å². The third-order valence-electron chi connectivity index (χ3n) is 9.87. The van der Waals surface area contributed by atoms with Gasteiger partial charge in [-0.05, 0) is 79.2 Å². The number of carbonyl (C=O) groups is 2. The summed E-state index contributed by atoms with van der Waals surface area (Å²) in [7, 11) is 0. The SMILES string of the molecule is CC[C@H](c1ccc(C(=O)NCC2=NNNN2)cc1)N1C(=O)C(c2ccc(-c3ccc(C)cc3)cc2)=NC12CCC(C(C)(C)C)CC2. The molecule has 2 amide bonds. The molecule has 0 radical (unpaired) electrons. The van der Waals surface area contributed by atoms with Gasteiger partial charge >= 0.3 is 0 Å².